The second-order valence-corrected chi connectivity index (χ2v) is 3.71. The number of Topliss-reactive ketones (excluding diaryl/α,β-unsaturated/α-hetero) is 1. The number of hydrogen-bond donors (Lipinski definition) is 0. The lowest BCUT2D eigenvalue weighted by atomic mass is 10.0. The molecule has 21 heavy (non-hydrogen) atoms. The molecule has 0 radical (unpaired) electrons. The Morgan fingerprint density at radius 1 is 1.19 bits per heavy atom. The fourth-order valence-corrected chi connectivity index (χ4v) is 1.42. The van der Waals surface area contributed by atoms with Crippen LogP contribution < -0.4 is 0 Å². The van der Waals surface area contributed by atoms with Crippen molar-refractivity contribution in [2.45, 2.75) is 0 Å². The first-order chi connectivity index (χ1) is 9.90. The van der Waals surface area contributed by atoms with Crippen LogP contribution in [0, 0.1) is 10.1 Å². The molecule has 0 aliphatic heterocycles. The largest absolute Gasteiger partial charge is 0.466 e. The normalized spacial score (nSPS) is 10.7. The summed E-state index contributed by atoms with van der Waals surface area (Å²) in [5.41, 5.74) is -1.02. The van der Waals surface area contributed by atoms with Crippen LogP contribution in [0.5, 0.6) is 0 Å². The SMILES string of the molecule is COC(=O)C=C(C(=O)OC)C(=O)c1cccc([N+](=O)[O-])c1. The molecule has 0 aromatic heterocycles. The number of ether oxygens (including phenoxy) is 2. The van der Waals surface area contributed by atoms with Crippen molar-refractivity contribution in [1.82, 2.24) is 0 Å². The number of nitrogens with zero attached hydrogens (tertiary/aromatic N) is 1. The van der Waals surface area contributed by atoms with Crippen LogP contribution in [0.3, 0.4) is 0 Å². The molecule has 1 rings (SSSR count). The zero-order valence-electron chi connectivity index (χ0n) is 11.2. The third-order valence-corrected chi connectivity index (χ3v) is 2.43. The van der Waals surface area contributed by atoms with Crippen molar-refractivity contribution in [2.24, 2.45) is 0 Å². The van der Waals surface area contributed by atoms with Gasteiger partial charge in [-0.25, -0.2) is 9.59 Å². The van der Waals surface area contributed by atoms with Crippen molar-refractivity contribution in [3.05, 3.63) is 51.6 Å². The lowest BCUT2D eigenvalue weighted by molar-refractivity contribution is -0.384. The van der Waals surface area contributed by atoms with E-state index in [1.165, 1.54) is 18.2 Å². The number of methoxy groups -OCH3 is 2. The topological polar surface area (TPSA) is 113 Å². The van der Waals surface area contributed by atoms with Gasteiger partial charge in [0.05, 0.1) is 19.1 Å². The van der Waals surface area contributed by atoms with Crippen molar-refractivity contribution in [3.63, 3.8) is 0 Å². The summed E-state index contributed by atoms with van der Waals surface area (Å²) < 4.78 is 8.75. The Morgan fingerprint density at radius 3 is 2.38 bits per heavy atom. The van der Waals surface area contributed by atoms with Crippen molar-refractivity contribution >= 4 is 23.4 Å². The van der Waals surface area contributed by atoms with Gasteiger partial charge in [0.2, 0.25) is 5.78 Å². The first-order valence-corrected chi connectivity index (χ1v) is 5.57. The zero-order valence-corrected chi connectivity index (χ0v) is 11.2. The van der Waals surface area contributed by atoms with Gasteiger partial charge in [0.25, 0.3) is 5.69 Å². The van der Waals surface area contributed by atoms with Crippen molar-refractivity contribution in [3.8, 4) is 0 Å². The van der Waals surface area contributed by atoms with Gasteiger partial charge in [0, 0.05) is 23.8 Å². The fraction of sp³-hybridized carbons (Fsp3) is 0.154. The monoisotopic (exact) mass is 293 g/mol. The lowest BCUT2D eigenvalue weighted by Crippen LogP contribution is -2.17. The van der Waals surface area contributed by atoms with E-state index in [-0.39, 0.29) is 11.3 Å². The third-order valence-electron chi connectivity index (χ3n) is 2.43. The average molecular weight is 293 g/mol. The van der Waals surface area contributed by atoms with Gasteiger partial charge in [-0.15, -0.1) is 0 Å². The molecule has 0 saturated carbocycles. The second kappa shape index (κ2) is 6.94. The molecule has 1 aromatic carbocycles. The summed E-state index contributed by atoms with van der Waals surface area (Å²) in [6.45, 7) is 0. The van der Waals surface area contributed by atoms with E-state index >= 15 is 0 Å². The van der Waals surface area contributed by atoms with Crippen LogP contribution in [-0.4, -0.2) is 36.9 Å². The average Bonchev–Trinajstić information content (AvgIpc) is 2.50. The summed E-state index contributed by atoms with van der Waals surface area (Å²) in [6, 6.07) is 4.76. The van der Waals surface area contributed by atoms with Gasteiger partial charge < -0.3 is 9.47 Å². The molecule has 0 unspecified atom stereocenters. The van der Waals surface area contributed by atoms with Crippen molar-refractivity contribution in [1.29, 1.82) is 0 Å². The van der Waals surface area contributed by atoms with Crippen LogP contribution in [-0.2, 0) is 19.1 Å². The van der Waals surface area contributed by atoms with Gasteiger partial charge in [0.15, 0.2) is 0 Å². The number of carbonyl (C=O) groups excluding carboxylic acids is 3. The van der Waals surface area contributed by atoms with E-state index < -0.39 is 28.2 Å². The Bertz CT molecular complexity index is 633. The first-order valence-electron chi connectivity index (χ1n) is 5.57. The van der Waals surface area contributed by atoms with E-state index in [0.29, 0.717) is 6.08 Å². The second-order valence-electron chi connectivity index (χ2n) is 3.71. The molecule has 1 aromatic rings. The minimum absolute atomic E-state index is 0.121. The number of carbonyl (C=O) groups is 3. The summed E-state index contributed by atoms with van der Waals surface area (Å²) in [7, 11) is 2.11. The molecule has 0 heterocycles. The zero-order chi connectivity index (χ0) is 16.0. The molecule has 0 spiro atoms. The van der Waals surface area contributed by atoms with Gasteiger partial charge in [-0.3, -0.25) is 14.9 Å². The number of hydrogen-bond acceptors (Lipinski definition) is 7. The number of ketones is 1. The number of esters is 2. The van der Waals surface area contributed by atoms with E-state index in [1.807, 2.05) is 0 Å². The molecule has 8 heteroatoms. The molecular formula is C13H11NO7. The number of non-ortho nitro benzene ring substituents is 1. The molecule has 8 nitrogen and oxygen atoms in total. The summed E-state index contributed by atoms with van der Waals surface area (Å²) >= 11 is 0. The smallest absolute Gasteiger partial charge is 0.342 e. The van der Waals surface area contributed by atoms with Crippen LogP contribution in [0.25, 0.3) is 0 Å². The Morgan fingerprint density at radius 2 is 1.86 bits per heavy atom. The number of benzene rings is 1. The molecule has 110 valence electrons. The van der Waals surface area contributed by atoms with Gasteiger partial charge in [-0.05, 0) is 0 Å². The van der Waals surface area contributed by atoms with E-state index in [9.17, 15) is 24.5 Å². The Balaban J connectivity index is 3.26. The van der Waals surface area contributed by atoms with Crippen molar-refractivity contribution < 1.29 is 28.8 Å². The maximum Gasteiger partial charge on any atom is 0.342 e. The molecule has 0 bridgehead atoms. The number of nitro benzene ring substituents is 1. The van der Waals surface area contributed by atoms with Gasteiger partial charge in [-0.2, -0.15) is 0 Å². The molecule has 0 aliphatic rings. The molecular weight excluding hydrogens is 282 g/mol. The van der Waals surface area contributed by atoms with E-state index in [4.69, 9.17) is 0 Å². The molecule has 0 atom stereocenters. The summed E-state index contributed by atoms with van der Waals surface area (Å²) in [6.07, 6.45) is 0.674. The molecule has 0 amide bonds. The Labute approximate surface area is 119 Å². The maximum atomic E-state index is 12.2. The van der Waals surface area contributed by atoms with Crippen LogP contribution in [0.15, 0.2) is 35.9 Å². The highest BCUT2D eigenvalue weighted by molar-refractivity contribution is 6.26. The maximum absolute atomic E-state index is 12.2. The Kier molecular flexibility index (Phi) is 5.30. The van der Waals surface area contributed by atoms with Gasteiger partial charge in [0.1, 0.15) is 5.57 Å². The van der Waals surface area contributed by atoms with Crippen LogP contribution >= 0.6 is 0 Å². The Hall–Kier alpha value is -3.03. The van der Waals surface area contributed by atoms with E-state index in [0.717, 1.165) is 20.3 Å². The number of rotatable bonds is 5. The molecule has 0 fully saturated rings. The third kappa shape index (κ3) is 3.96. The summed E-state index contributed by atoms with van der Waals surface area (Å²) in [5, 5.41) is 10.7. The minimum Gasteiger partial charge on any atom is -0.466 e. The standard InChI is InChI=1S/C13H11NO7/c1-20-11(15)7-10(13(17)21-2)12(16)8-4-3-5-9(6-8)14(18)19/h3-7H,1-2H3. The fourth-order valence-electron chi connectivity index (χ4n) is 1.42. The first kappa shape index (κ1) is 16.0. The molecule has 0 aliphatic carbocycles. The lowest BCUT2D eigenvalue weighted by Gasteiger charge is -2.04. The highest BCUT2D eigenvalue weighted by atomic mass is 16.6. The minimum atomic E-state index is -1.04. The predicted octanol–water partition coefficient (Wildman–Crippen LogP) is 1.05. The van der Waals surface area contributed by atoms with Gasteiger partial charge in [-0.1, -0.05) is 12.1 Å². The number of nitro groups is 1. The van der Waals surface area contributed by atoms with Gasteiger partial charge >= 0.3 is 11.9 Å². The summed E-state index contributed by atoms with van der Waals surface area (Å²) in [5.74, 6) is -2.85. The quantitative estimate of drug-likeness (QED) is 0.152. The van der Waals surface area contributed by atoms with E-state index in [1.54, 1.807) is 0 Å². The van der Waals surface area contributed by atoms with Crippen LogP contribution in [0.1, 0.15) is 10.4 Å². The highest BCUT2D eigenvalue weighted by Gasteiger charge is 2.23. The molecule has 0 N–H and O–H groups in total. The highest BCUT2D eigenvalue weighted by Crippen LogP contribution is 2.17. The van der Waals surface area contributed by atoms with Crippen LogP contribution in [0.4, 0.5) is 5.69 Å². The summed E-state index contributed by atoms with van der Waals surface area (Å²) in [4.78, 5) is 44.9. The van der Waals surface area contributed by atoms with Crippen LogP contribution in [0.2, 0.25) is 0 Å². The van der Waals surface area contributed by atoms with E-state index in [2.05, 4.69) is 9.47 Å². The van der Waals surface area contributed by atoms with Crippen molar-refractivity contribution in [2.75, 3.05) is 14.2 Å². The molecule has 0 saturated heterocycles. The predicted molar refractivity (Wildman–Crippen MR) is 69.5 cm³/mol.